The Morgan fingerprint density at radius 1 is 0.850 bits per heavy atom. The zero-order valence-electron chi connectivity index (χ0n) is 22.0. The normalized spacial score (nSPS) is 16.5. The van der Waals surface area contributed by atoms with Crippen molar-refractivity contribution in [2.24, 2.45) is 10.9 Å². The lowest BCUT2D eigenvalue weighted by molar-refractivity contribution is -0.133. The molecule has 1 aliphatic rings. The standard InChI is InChI=1S/C31H32N4O5/c36-28-26(27(33-28)19-18-23-11-4-1-5-12-23)17-10-20-32-29(34-30(37)39-21-24-13-6-2-7-14-24)35-31(38)40-22-25-15-8-3-9-16-25/h1-9,11-16,18-19,26-27H,10,17,20-22H2,(H,33,36)(H2,32,34,35,37,38)/b19-18+/t26-,27-/m1/s1. The van der Waals surface area contributed by atoms with Crippen LogP contribution in [-0.2, 0) is 27.5 Å². The molecule has 40 heavy (non-hydrogen) atoms. The summed E-state index contributed by atoms with van der Waals surface area (Å²) >= 11 is 0. The van der Waals surface area contributed by atoms with E-state index >= 15 is 0 Å². The number of alkyl carbamates (subject to hydrolysis) is 1. The van der Waals surface area contributed by atoms with Gasteiger partial charge in [0, 0.05) is 6.54 Å². The fourth-order valence-corrected chi connectivity index (χ4v) is 4.05. The molecular formula is C31H32N4O5. The lowest BCUT2D eigenvalue weighted by Gasteiger charge is -2.35. The number of aliphatic imine (C=N–C) groups is 1. The highest BCUT2D eigenvalue weighted by Gasteiger charge is 2.36. The Labute approximate surface area is 233 Å². The van der Waals surface area contributed by atoms with Crippen LogP contribution in [0.1, 0.15) is 29.5 Å². The number of hydrogen-bond donors (Lipinski definition) is 3. The summed E-state index contributed by atoms with van der Waals surface area (Å²) in [5.41, 5.74) is 2.70. The highest BCUT2D eigenvalue weighted by molar-refractivity contribution is 5.98. The minimum Gasteiger partial charge on any atom is -0.444 e. The fourth-order valence-electron chi connectivity index (χ4n) is 4.05. The monoisotopic (exact) mass is 540 g/mol. The van der Waals surface area contributed by atoms with Crippen molar-refractivity contribution in [1.82, 2.24) is 16.0 Å². The maximum atomic E-state index is 12.4. The third-order valence-corrected chi connectivity index (χ3v) is 6.20. The van der Waals surface area contributed by atoms with E-state index < -0.39 is 12.2 Å². The van der Waals surface area contributed by atoms with Crippen LogP contribution < -0.4 is 16.0 Å². The molecule has 1 aliphatic heterocycles. The molecular weight excluding hydrogens is 508 g/mol. The van der Waals surface area contributed by atoms with Gasteiger partial charge in [-0.1, -0.05) is 103 Å². The second-order valence-corrected chi connectivity index (χ2v) is 9.17. The van der Waals surface area contributed by atoms with Crippen LogP contribution in [0.5, 0.6) is 0 Å². The number of carbonyl (C=O) groups is 3. The Balaban J connectivity index is 1.28. The number of hydrogen-bond acceptors (Lipinski definition) is 5. The van der Waals surface area contributed by atoms with Gasteiger partial charge in [-0.3, -0.25) is 10.1 Å². The molecule has 0 aliphatic carbocycles. The highest BCUT2D eigenvalue weighted by atomic mass is 16.6. The van der Waals surface area contributed by atoms with Crippen LogP contribution in [0.25, 0.3) is 6.08 Å². The van der Waals surface area contributed by atoms with E-state index in [0.29, 0.717) is 19.4 Å². The first kappa shape index (κ1) is 28.1. The van der Waals surface area contributed by atoms with Crippen molar-refractivity contribution in [1.29, 1.82) is 0 Å². The molecule has 9 nitrogen and oxygen atoms in total. The summed E-state index contributed by atoms with van der Waals surface area (Å²) in [7, 11) is 0. The first-order valence-electron chi connectivity index (χ1n) is 13.1. The number of ether oxygens (including phenoxy) is 2. The van der Waals surface area contributed by atoms with Crippen LogP contribution in [0.2, 0.25) is 0 Å². The summed E-state index contributed by atoms with van der Waals surface area (Å²) in [6, 6.07) is 28.3. The van der Waals surface area contributed by atoms with E-state index in [1.54, 1.807) is 0 Å². The van der Waals surface area contributed by atoms with E-state index in [1.807, 2.05) is 103 Å². The van der Waals surface area contributed by atoms with Gasteiger partial charge in [0.05, 0.1) is 12.0 Å². The average Bonchev–Trinajstić information content (AvgIpc) is 2.98. The second-order valence-electron chi connectivity index (χ2n) is 9.17. The predicted octanol–water partition coefficient (Wildman–Crippen LogP) is 4.80. The summed E-state index contributed by atoms with van der Waals surface area (Å²) in [6.07, 6.45) is 3.58. The van der Waals surface area contributed by atoms with Crippen molar-refractivity contribution in [3.05, 3.63) is 114 Å². The predicted molar refractivity (Wildman–Crippen MR) is 152 cm³/mol. The van der Waals surface area contributed by atoms with Gasteiger partial charge in [0.2, 0.25) is 11.9 Å². The molecule has 3 N–H and O–H groups in total. The number of amides is 3. The zero-order valence-corrected chi connectivity index (χ0v) is 22.0. The number of β-lactam (4-membered cyclic amide) rings is 1. The Kier molecular flexibility index (Phi) is 10.4. The van der Waals surface area contributed by atoms with Crippen molar-refractivity contribution in [3.8, 4) is 0 Å². The van der Waals surface area contributed by atoms with Crippen LogP contribution in [0.4, 0.5) is 9.59 Å². The number of nitrogens with one attached hydrogen (secondary N) is 3. The van der Waals surface area contributed by atoms with E-state index in [9.17, 15) is 14.4 Å². The van der Waals surface area contributed by atoms with Crippen molar-refractivity contribution in [3.63, 3.8) is 0 Å². The van der Waals surface area contributed by atoms with E-state index in [1.165, 1.54) is 0 Å². The van der Waals surface area contributed by atoms with Crippen molar-refractivity contribution in [2.75, 3.05) is 6.54 Å². The second kappa shape index (κ2) is 14.9. The topological polar surface area (TPSA) is 118 Å². The summed E-state index contributed by atoms with van der Waals surface area (Å²) in [4.78, 5) is 40.7. The number of carbonyl (C=O) groups excluding carboxylic acids is 3. The Morgan fingerprint density at radius 3 is 2.08 bits per heavy atom. The SMILES string of the molecule is O=C(/N=C(\NCCC[C@H]1C(=O)N[C@@H]1/C=C/c1ccccc1)NC(=O)OCc1ccccc1)OCc1ccccc1. The van der Waals surface area contributed by atoms with Crippen LogP contribution in [0.3, 0.4) is 0 Å². The van der Waals surface area contributed by atoms with Crippen LogP contribution in [0, 0.1) is 5.92 Å². The molecule has 4 rings (SSSR count). The van der Waals surface area contributed by atoms with Gasteiger partial charge in [0.1, 0.15) is 13.2 Å². The van der Waals surface area contributed by atoms with Crippen LogP contribution in [-0.4, -0.2) is 36.6 Å². The van der Waals surface area contributed by atoms with Gasteiger partial charge in [-0.2, -0.15) is 0 Å². The maximum absolute atomic E-state index is 12.4. The molecule has 1 saturated heterocycles. The molecule has 0 radical (unpaired) electrons. The molecule has 0 spiro atoms. The van der Waals surface area contributed by atoms with E-state index in [0.717, 1.165) is 16.7 Å². The van der Waals surface area contributed by atoms with E-state index in [-0.39, 0.29) is 37.0 Å². The molecule has 0 saturated carbocycles. The molecule has 3 aromatic rings. The summed E-state index contributed by atoms with van der Waals surface area (Å²) in [5, 5.41) is 8.35. The molecule has 0 unspecified atom stereocenters. The first-order chi connectivity index (χ1) is 19.6. The minimum atomic E-state index is -0.862. The summed E-state index contributed by atoms with van der Waals surface area (Å²) < 4.78 is 10.5. The zero-order chi connectivity index (χ0) is 28.0. The molecule has 0 bridgehead atoms. The van der Waals surface area contributed by atoms with Gasteiger partial charge >= 0.3 is 12.2 Å². The van der Waals surface area contributed by atoms with Gasteiger partial charge in [0.25, 0.3) is 0 Å². The lowest BCUT2D eigenvalue weighted by Crippen LogP contribution is -2.57. The first-order valence-corrected chi connectivity index (χ1v) is 13.1. The molecule has 3 amide bonds. The molecule has 206 valence electrons. The van der Waals surface area contributed by atoms with Gasteiger partial charge < -0.3 is 20.1 Å². The molecule has 1 fully saturated rings. The highest BCUT2D eigenvalue weighted by Crippen LogP contribution is 2.22. The summed E-state index contributed by atoms with van der Waals surface area (Å²) in [5.74, 6) is -0.236. The van der Waals surface area contributed by atoms with Crippen molar-refractivity contribution in [2.45, 2.75) is 32.1 Å². The quantitative estimate of drug-likeness (QED) is 0.147. The number of rotatable bonds is 10. The van der Waals surface area contributed by atoms with Crippen molar-refractivity contribution < 1.29 is 23.9 Å². The van der Waals surface area contributed by atoms with Crippen LogP contribution in [0.15, 0.2) is 102 Å². The third kappa shape index (κ3) is 9.13. The smallest absolute Gasteiger partial charge is 0.437 e. The van der Waals surface area contributed by atoms with Gasteiger partial charge in [-0.15, -0.1) is 4.99 Å². The van der Waals surface area contributed by atoms with Gasteiger partial charge in [-0.25, -0.2) is 9.59 Å². The van der Waals surface area contributed by atoms with E-state index in [2.05, 4.69) is 20.9 Å². The number of guanidine groups is 1. The number of nitrogens with zero attached hydrogens (tertiary/aromatic N) is 1. The summed E-state index contributed by atoms with van der Waals surface area (Å²) in [6.45, 7) is 0.472. The average molecular weight is 541 g/mol. The van der Waals surface area contributed by atoms with Crippen LogP contribution >= 0.6 is 0 Å². The largest absolute Gasteiger partial charge is 0.444 e. The third-order valence-electron chi connectivity index (χ3n) is 6.20. The van der Waals surface area contributed by atoms with Gasteiger partial charge in [-0.05, 0) is 29.5 Å². The minimum absolute atomic E-state index is 0.00343. The molecule has 1 heterocycles. The van der Waals surface area contributed by atoms with E-state index in [4.69, 9.17) is 9.47 Å². The molecule has 9 heteroatoms. The molecule has 0 aromatic heterocycles. The number of benzene rings is 3. The fraction of sp³-hybridized carbons (Fsp3) is 0.226. The Morgan fingerprint density at radius 2 is 1.45 bits per heavy atom. The molecule has 2 atom stereocenters. The Bertz CT molecular complexity index is 1310. The molecule has 3 aromatic carbocycles. The maximum Gasteiger partial charge on any atom is 0.437 e. The van der Waals surface area contributed by atoms with Gasteiger partial charge in [0.15, 0.2) is 0 Å². The lowest BCUT2D eigenvalue weighted by atomic mass is 9.86. The van der Waals surface area contributed by atoms with Crippen molar-refractivity contribution >= 4 is 30.1 Å². The Hall–Kier alpha value is -4.92.